The second kappa shape index (κ2) is 13.6. The second-order valence-electron chi connectivity index (χ2n) is 6.08. The standard InChI is InChI=1S/C20H34O2/c1-3-4-5-6-7-8-9-10-11-12-17-22-18-19-13-15-20(21-2)16-14-19/h13-16H,3-12,17-18H2,1-2H3. The number of methoxy groups -OCH3 is 1. The first-order valence-electron chi connectivity index (χ1n) is 9.07. The molecule has 0 amide bonds. The summed E-state index contributed by atoms with van der Waals surface area (Å²) in [5.74, 6) is 0.901. The zero-order valence-corrected chi connectivity index (χ0v) is 14.6. The summed E-state index contributed by atoms with van der Waals surface area (Å²) in [5, 5.41) is 0. The van der Waals surface area contributed by atoms with Crippen LogP contribution in [-0.4, -0.2) is 13.7 Å². The minimum atomic E-state index is 0.710. The summed E-state index contributed by atoms with van der Waals surface area (Å²) in [5.41, 5.74) is 1.22. The Bertz CT molecular complexity index is 345. The molecule has 0 aliphatic heterocycles. The van der Waals surface area contributed by atoms with Crippen LogP contribution in [0, 0.1) is 0 Å². The predicted molar refractivity (Wildman–Crippen MR) is 94.5 cm³/mol. The van der Waals surface area contributed by atoms with Gasteiger partial charge in [-0.3, -0.25) is 0 Å². The Morgan fingerprint density at radius 2 is 1.27 bits per heavy atom. The molecule has 0 aromatic heterocycles. The summed E-state index contributed by atoms with van der Waals surface area (Å²) in [6, 6.07) is 8.10. The van der Waals surface area contributed by atoms with Crippen LogP contribution in [0.25, 0.3) is 0 Å². The highest BCUT2D eigenvalue weighted by Gasteiger charge is 1.96. The molecule has 0 fully saturated rings. The van der Waals surface area contributed by atoms with Gasteiger partial charge in [-0.15, -0.1) is 0 Å². The Balaban J connectivity index is 1.85. The molecule has 0 saturated heterocycles. The first kappa shape index (κ1) is 19.0. The van der Waals surface area contributed by atoms with Gasteiger partial charge in [0.15, 0.2) is 0 Å². The lowest BCUT2D eigenvalue weighted by Gasteiger charge is -2.06. The van der Waals surface area contributed by atoms with Crippen molar-refractivity contribution in [2.24, 2.45) is 0 Å². The van der Waals surface area contributed by atoms with Crippen molar-refractivity contribution in [3.63, 3.8) is 0 Å². The number of ether oxygens (including phenoxy) is 2. The predicted octanol–water partition coefficient (Wildman–Crippen LogP) is 6.13. The Labute approximate surface area is 137 Å². The average Bonchev–Trinajstić information content (AvgIpc) is 2.56. The fraction of sp³-hybridized carbons (Fsp3) is 0.700. The Hall–Kier alpha value is -1.02. The lowest BCUT2D eigenvalue weighted by Crippen LogP contribution is -1.96. The van der Waals surface area contributed by atoms with Crippen LogP contribution in [-0.2, 0) is 11.3 Å². The van der Waals surface area contributed by atoms with Crippen molar-refractivity contribution < 1.29 is 9.47 Å². The first-order chi connectivity index (χ1) is 10.9. The molecule has 0 atom stereocenters. The van der Waals surface area contributed by atoms with Gasteiger partial charge in [0.2, 0.25) is 0 Å². The number of unbranched alkanes of at least 4 members (excludes halogenated alkanes) is 9. The van der Waals surface area contributed by atoms with E-state index >= 15 is 0 Å². The van der Waals surface area contributed by atoms with E-state index in [1.54, 1.807) is 7.11 Å². The van der Waals surface area contributed by atoms with Crippen LogP contribution in [0.15, 0.2) is 24.3 Å². The molecule has 0 unspecified atom stereocenters. The number of rotatable bonds is 14. The van der Waals surface area contributed by atoms with E-state index in [1.165, 1.54) is 69.8 Å². The molecule has 0 aliphatic carbocycles. The van der Waals surface area contributed by atoms with E-state index in [9.17, 15) is 0 Å². The van der Waals surface area contributed by atoms with Crippen molar-refractivity contribution in [1.82, 2.24) is 0 Å². The third-order valence-electron chi connectivity index (χ3n) is 4.07. The molecule has 0 N–H and O–H groups in total. The van der Waals surface area contributed by atoms with Gasteiger partial charge in [0.1, 0.15) is 5.75 Å². The monoisotopic (exact) mass is 306 g/mol. The zero-order chi connectivity index (χ0) is 15.9. The highest BCUT2D eigenvalue weighted by Crippen LogP contribution is 2.13. The maximum atomic E-state index is 5.72. The summed E-state index contributed by atoms with van der Waals surface area (Å²) in [4.78, 5) is 0. The molecule has 0 aliphatic rings. The largest absolute Gasteiger partial charge is 0.497 e. The fourth-order valence-corrected chi connectivity index (χ4v) is 2.60. The zero-order valence-electron chi connectivity index (χ0n) is 14.6. The molecule has 0 saturated carbocycles. The molecule has 2 nitrogen and oxygen atoms in total. The third-order valence-corrected chi connectivity index (χ3v) is 4.07. The van der Waals surface area contributed by atoms with Crippen molar-refractivity contribution in [2.45, 2.75) is 77.7 Å². The van der Waals surface area contributed by atoms with Crippen molar-refractivity contribution in [2.75, 3.05) is 13.7 Å². The SMILES string of the molecule is CCCCCCCCCCCCOCc1ccc(OC)cc1. The van der Waals surface area contributed by atoms with Gasteiger partial charge in [0, 0.05) is 6.61 Å². The normalized spacial score (nSPS) is 10.8. The first-order valence-corrected chi connectivity index (χ1v) is 9.07. The van der Waals surface area contributed by atoms with Crippen molar-refractivity contribution in [3.05, 3.63) is 29.8 Å². The molecule has 126 valence electrons. The molecular formula is C20H34O2. The Morgan fingerprint density at radius 3 is 1.82 bits per heavy atom. The van der Waals surface area contributed by atoms with E-state index in [2.05, 4.69) is 19.1 Å². The lowest BCUT2D eigenvalue weighted by molar-refractivity contribution is 0.116. The Kier molecular flexibility index (Phi) is 11.8. The highest BCUT2D eigenvalue weighted by molar-refractivity contribution is 5.26. The molecule has 22 heavy (non-hydrogen) atoms. The Morgan fingerprint density at radius 1 is 0.727 bits per heavy atom. The lowest BCUT2D eigenvalue weighted by atomic mass is 10.1. The van der Waals surface area contributed by atoms with Crippen LogP contribution in [0.1, 0.15) is 76.7 Å². The molecular weight excluding hydrogens is 272 g/mol. The van der Waals surface area contributed by atoms with E-state index < -0.39 is 0 Å². The third kappa shape index (κ3) is 9.83. The molecule has 1 rings (SSSR count). The van der Waals surface area contributed by atoms with Gasteiger partial charge in [-0.2, -0.15) is 0 Å². The van der Waals surface area contributed by atoms with Crippen molar-refractivity contribution >= 4 is 0 Å². The maximum absolute atomic E-state index is 5.72. The average molecular weight is 306 g/mol. The van der Waals surface area contributed by atoms with Gasteiger partial charge in [-0.25, -0.2) is 0 Å². The van der Waals surface area contributed by atoms with Crippen LogP contribution in [0.4, 0.5) is 0 Å². The minimum Gasteiger partial charge on any atom is -0.497 e. The van der Waals surface area contributed by atoms with Gasteiger partial charge < -0.3 is 9.47 Å². The van der Waals surface area contributed by atoms with E-state index in [1.807, 2.05) is 12.1 Å². The van der Waals surface area contributed by atoms with Crippen LogP contribution in [0.5, 0.6) is 5.75 Å². The topological polar surface area (TPSA) is 18.5 Å². The summed E-state index contributed by atoms with van der Waals surface area (Å²) in [7, 11) is 1.69. The maximum Gasteiger partial charge on any atom is 0.118 e. The minimum absolute atomic E-state index is 0.710. The summed E-state index contributed by atoms with van der Waals surface area (Å²) < 4.78 is 10.9. The molecule has 1 aromatic carbocycles. The summed E-state index contributed by atoms with van der Waals surface area (Å²) in [6.07, 6.45) is 13.7. The van der Waals surface area contributed by atoms with Gasteiger partial charge in [-0.05, 0) is 24.1 Å². The van der Waals surface area contributed by atoms with Crippen molar-refractivity contribution in [1.29, 1.82) is 0 Å². The van der Waals surface area contributed by atoms with Crippen LogP contribution in [0.2, 0.25) is 0 Å². The van der Waals surface area contributed by atoms with E-state index in [4.69, 9.17) is 9.47 Å². The van der Waals surface area contributed by atoms with Crippen LogP contribution >= 0.6 is 0 Å². The summed E-state index contributed by atoms with van der Waals surface area (Å²) in [6.45, 7) is 3.86. The summed E-state index contributed by atoms with van der Waals surface area (Å²) >= 11 is 0. The number of benzene rings is 1. The van der Waals surface area contributed by atoms with E-state index in [0.29, 0.717) is 6.61 Å². The quantitative estimate of drug-likeness (QED) is 0.385. The molecule has 2 heteroatoms. The smallest absolute Gasteiger partial charge is 0.118 e. The second-order valence-corrected chi connectivity index (χ2v) is 6.08. The highest BCUT2D eigenvalue weighted by atomic mass is 16.5. The number of hydrogen-bond donors (Lipinski definition) is 0. The van der Waals surface area contributed by atoms with E-state index in [-0.39, 0.29) is 0 Å². The van der Waals surface area contributed by atoms with Gasteiger partial charge in [0.05, 0.1) is 13.7 Å². The van der Waals surface area contributed by atoms with E-state index in [0.717, 1.165) is 12.4 Å². The molecule has 0 spiro atoms. The molecule has 1 aromatic rings. The van der Waals surface area contributed by atoms with Crippen LogP contribution < -0.4 is 4.74 Å². The van der Waals surface area contributed by atoms with Gasteiger partial charge in [0.25, 0.3) is 0 Å². The fourth-order valence-electron chi connectivity index (χ4n) is 2.60. The molecule has 0 heterocycles. The molecule has 0 bridgehead atoms. The van der Waals surface area contributed by atoms with Crippen molar-refractivity contribution in [3.8, 4) is 5.75 Å². The van der Waals surface area contributed by atoms with Gasteiger partial charge in [-0.1, -0.05) is 76.8 Å². The van der Waals surface area contributed by atoms with Crippen LogP contribution in [0.3, 0.4) is 0 Å². The van der Waals surface area contributed by atoms with Gasteiger partial charge >= 0.3 is 0 Å². The number of hydrogen-bond acceptors (Lipinski definition) is 2. The molecule has 0 radical (unpaired) electrons.